The van der Waals surface area contributed by atoms with E-state index >= 15 is 0 Å². The Kier molecular flexibility index (Phi) is 13.5. The van der Waals surface area contributed by atoms with Gasteiger partial charge >= 0.3 is 12.0 Å². The minimum atomic E-state index is -2.43. The van der Waals surface area contributed by atoms with Gasteiger partial charge in [0.05, 0.1) is 20.8 Å². The van der Waals surface area contributed by atoms with Gasteiger partial charge in [0.25, 0.3) is 0 Å². The van der Waals surface area contributed by atoms with Crippen LogP contribution in [0.15, 0.2) is 24.3 Å². The summed E-state index contributed by atoms with van der Waals surface area (Å²) in [5.74, 6) is 0.934. The van der Waals surface area contributed by atoms with Crippen molar-refractivity contribution in [2.45, 2.75) is 57.4 Å². The molecule has 0 aromatic heterocycles. The van der Waals surface area contributed by atoms with Crippen molar-refractivity contribution >= 4 is 51.3 Å². The van der Waals surface area contributed by atoms with E-state index in [9.17, 15) is 4.79 Å². The summed E-state index contributed by atoms with van der Waals surface area (Å²) in [6.07, 6.45) is 12.0. The number of benzene rings is 1. The number of carbonyl (C=O) groups is 1. The van der Waals surface area contributed by atoms with Gasteiger partial charge in [0.1, 0.15) is 0 Å². The van der Waals surface area contributed by atoms with Crippen LogP contribution in [0.2, 0.25) is 6.04 Å². The maximum atomic E-state index is 11.8. The summed E-state index contributed by atoms with van der Waals surface area (Å²) < 4.78 is 15.7. The molecule has 1 aromatic carbocycles. The fraction of sp³-hybridized carbons (Fsp3) is 0.571. The highest BCUT2D eigenvalue weighted by atomic mass is 35.8. The molecule has 0 aliphatic carbocycles. The lowest BCUT2D eigenvalue weighted by atomic mass is 10.1. The van der Waals surface area contributed by atoms with E-state index in [4.69, 9.17) is 47.4 Å². The smallest absolute Gasteiger partial charge is 0.341 e. The second-order valence-corrected chi connectivity index (χ2v) is 16.1. The molecule has 0 amide bonds. The van der Waals surface area contributed by atoms with Gasteiger partial charge in [-0.1, -0.05) is 51.0 Å². The van der Waals surface area contributed by atoms with Crippen molar-refractivity contribution in [1.29, 1.82) is 0 Å². The molecule has 0 unspecified atom stereocenters. The molecule has 0 bridgehead atoms. The number of hydrogen-bond acceptors (Lipinski definition) is 4. The van der Waals surface area contributed by atoms with E-state index in [1.165, 1.54) is 25.3 Å². The fourth-order valence-corrected chi connectivity index (χ4v) is 4.68. The summed E-state index contributed by atoms with van der Waals surface area (Å²) >= 11 is 17.6. The topological polar surface area (TPSA) is 44.8 Å². The van der Waals surface area contributed by atoms with Crippen LogP contribution in [-0.4, -0.2) is 32.8 Å². The standard InChI is InChI=1S/C21H31Cl3O4Si/c1-26-19-13-11-18(17-20(19)27-2)12-14-21(25)28-15-9-7-5-3-4-6-8-10-16-29(22,23)24/h11-14,17H,3-10,15-16H2,1-2H3/b14-12+. The third-order valence-corrected chi connectivity index (χ3v) is 7.04. The van der Waals surface area contributed by atoms with Crippen molar-refractivity contribution in [1.82, 2.24) is 0 Å². The summed E-state index contributed by atoms with van der Waals surface area (Å²) in [5.41, 5.74) is 0.843. The van der Waals surface area contributed by atoms with Crippen molar-refractivity contribution in [2.24, 2.45) is 0 Å². The van der Waals surface area contributed by atoms with E-state index in [0.29, 0.717) is 18.1 Å². The van der Waals surface area contributed by atoms with Gasteiger partial charge in [-0.3, -0.25) is 0 Å². The van der Waals surface area contributed by atoms with Crippen LogP contribution in [0.25, 0.3) is 6.08 Å². The Bertz CT molecular complexity index is 633. The first-order valence-corrected chi connectivity index (χ1v) is 15.2. The van der Waals surface area contributed by atoms with Gasteiger partial charge < -0.3 is 14.2 Å². The molecule has 0 N–H and O–H groups in total. The largest absolute Gasteiger partial charge is 0.493 e. The first-order chi connectivity index (χ1) is 13.9. The summed E-state index contributed by atoms with van der Waals surface area (Å²) in [6.45, 7) is 0.447. The maximum absolute atomic E-state index is 11.8. The third-order valence-electron chi connectivity index (χ3n) is 4.42. The van der Waals surface area contributed by atoms with Crippen molar-refractivity contribution in [3.63, 3.8) is 0 Å². The van der Waals surface area contributed by atoms with Gasteiger partial charge in [-0.2, -0.15) is 0 Å². The molecule has 0 spiro atoms. The predicted octanol–water partition coefficient (Wildman–Crippen LogP) is 7.04. The van der Waals surface area contributed by atoms with Gasteiger partial charge in [0.15, 0.2) is 11.5 Å². The summed E-state index contributed by atoms with van der Waals surface area (Å²) in [4.78, 5) is 11.8. The van der Waals surface area contributed by atoms with Crippen LogP contribution in [0.4, 0.5) is 0 Å². The SMILES string of the molecule is COc1ccc(/C=C/C(=O)OCCCCCCCCCC[Si](Cl)(Cl)Cl)cc1OC. The number of halogens is 3. The van der Waals surface area contributed by atoms with Crippen LogP contribution >= 0.6 is 33.2 Å². The lowest BCUT2D eigenvalue weighted by Crippen LogP contribution is -2.07. The zero-order chi connectivity index (χ0) is 21.5. The Labute approximate surface area is 189 Å². The van der Waals surface area contributed by atoms with Gasteiger partial charge in [0, 0.05) is 6.08 Å². The molecule has 0 radical (unpaired) electrons. The zero-order valence-corrected chi connectivity index (χ0v) is 20.5. The Hall–Kier alpha value is -0.883. The van der Waals surface area contributed by atoms with E-state index in [0.717, 1.165) is 43.7 Å². The molecule has 0 saturated heterocycles. The average molecular weight is 482 g/mol. The molecule has 0 heterocycles. The van der Waals surface area contributed by atoms with Crippen LogP contribution in [0.1, 0.15) is 56.9 Å². The summed E-state index contributed by atoms with van der Waals surface area (Å²) in [7, 11) is 3.16. The van der Waals surface area contributed by atoms with Crippen molar-refractivity contribution < 1.29 is 19.0 Å². The van der Waals surface area contributed by atoms with Crippen LogP contribution in [0, 0.1) is 0 Å². The second-order valence-electron chi connectivity index (χ2n) is 6.81. The molecule has 0 atom stereocenters. The molecule has 1 rings (SSSR count). The van der Waals surface area contributed by atoms with E-state index in [-0.39, 0.29) is 5.97 Å². The molecule has 4 nitrogen and oxygen atoms in total. The number of methoxy groups -OCH3 is 2. The van der Waals surface area contributed by atoms with E-state index < -0.39 is 6.00 Å². The van der Waals surface area contributed by atoms with Crippen LogP contribution in [0.5, 0.6) is 11.5 Å². The van der Waals surface area contributed by atoms with E-state index in [2.05, 4.69) is 0 Å². The number of unbranched alkanes of at least 4 members (excludes halogenated alkanes) is 7. The van der Waals surface area contributed by atoms with Crippen LogP contribution < -0.4 is 9.47 Å². The molecule has 8 heteroatoms. The van der Waals surface area contributed by atoms with Gasteiger partial charge in [-0.15, -0.1) is 33.2 Å². The molecule has 0 saturated carbocycles. The minimum Gasteiger partial charge on any atom is -0.493 e. The first-order valence-electron chi connectivity index (χ1n) is 9.99. The van der Waals surface area contributed by atoms with Crippen LogP contribution in [0.3, 0.4) is 0 Å². The normalized spacial score (nSPS) is 11.6. The summed E-state index contributed by atoms with van der Waals surface area (Å²) in [5, 5.41) is 0. The molecule has 1 aromatic rings. The third kappa shape index (κ3) is 13.1. The number of rotatable bonds is 15. The van der Waals surface area contributed by atoms with Crippen molar-refractivity contribution in [3.05, 3.63) is 29.8 Å². The first kappa shape index (κ1) is 26.2. The maximum Gasteiger partial charge on any atom is 0.341 e. The molecular weight excluding hydrogens is 451 g/mol. The number of esters is 1. The molecular formula is C21H31Cl3O4Si. The van der Waals surface area contributed by atoms with Gasteiger partial charge in [-0.25, -0.2) is 4.79 Å². The van der Waals surface area contributed by atoms with Crippen molar-refractivity contribution in [2.75, 3.05) is 20.8 Å². The quantitative estimate of drug-likeness (QED) is 0.0886. The van der Waals surface area contributed by atoms with Gasteiger partial charge in [0.2, 0.25) is 0 Å². The predicted molar refractivity (Wildman–Crippen MR) is 125 cm³/mol. The molecule has 164 valence electrons. The lowest BCUT2D eigenvalue weighted by Gasteiger charge is -2.07. The lowest BCUT2D eigenvalue weighted by molar-refractivity contribution is -0.137. The highest BCUT2D eigenvalue weighted by Crippen LogP contribution is 2.28. The molecule has 29 heavy (non-hydrogen) atoms. The highest BCUT2D eigenvalue weighted by Gasteiger charge is 2.23. The Morgan fingerprint density at radius 1 is 0.897 bits per heavy atom. The molecule has 0 fully saturated rings. The Morgan fingerprint density at radius 2 is 1.48 bits per heavy atom. The monoisotopic (exact) mass is 480 g/mol. The summed E-state index contributed by atoms with van der Waals surface area (Å²) in [6, 6.07) is 3.78. The molecule has 0 aliphatic rings. The van der Waals surface area contributed by atoms with Crippen molar-refractivity contribution in [3.8, 4) is 11.5 Å². The zero-order valence-electron chi connectivity index (χ0n) is 17.2. The highest BCUT2D eigenvalue weighted by molar-refractivity contribution is 7.64. The average Bonchev–Trinajstić information content (AvgIpc) is 2.69. The van der Waals surface area contributed by atoms with Gasteiger partial charge in [-0.05, 0) is 36.2 Å². The fourth-order valence-electron chi connectivity index (χ4n) is 2.83. The number of carbonyl (C=O) groups excluding carboxylic acids is 1. The number of ether oxygens (including phenoxy) is 3. The second kappa shape index (κ2) is 15.0. The van der Waals surface area contributed by atoms with E-state index in [1.807, 2.05) is 12.1 Å². The number of hydrogen-bond donors (Lipinski definition) is 0. The van der Waals surface area contributed by atoms with Crippen LogP contribution in [-0.2, 0) is 9.53 Å². The van der Waals surface area contributed by atoms with E-state index in [1.54, 1.807) is 26.4 Å². The molecule has 0 aliphatic heterocycles. The minimum absolute atomic E-state index is 0.336. The Balaban J connectivity index is 2.08. The Morgan fingerprint density at radius 3 is 2.07 bits per heavy atom.